The van der Waals surface area contributed by atoms with Gasteiger partial charge < -0.3 is 9.84 Å². The van der Waals surface area contributed by atoms with E-state index < -0.39 is 6.10 Å². The normalized spacial score (nSPS) is 12.6. The summed E-state index contributed by atoms with van der Waals surface area (Å²) in [5.41, 5.74) is 0.905. The maximum Gasteiger partial charge on any atom is 0.133 e. The van der Waals surface area contributed by atoms with Crippen LogP contribution in [0.3, 0.4) is 0 Å². The van der Waals surface area contributed by atoms with Gasteiger partial charge in [-0.05, 0) is 33.6 Å². The maximum atomic E-state index is 9.55. The van der Waals surface area contributed by atoms with Crippen LogP contribution in [0.4, 0.5) is 0 Å². The van der Waals surface area contributed by atoms with Gasteiger partial charge in [-0.2, -0.15) is 0 Å². The summed E-state index contributed by atoms with van der Waals surface area (Å²) < 4.78 is 6.65. The summed E-state index contributed by atoms with van der Waals surface area (Å²) in [5, 5.41) is 9.55. The molecule has 0 spiro atoms. The Kier molecular flexibility index (Phi) is 4.48. The first-order chi connectivity index (χ1) is 6.19. The van der Waals surface area contributed by atoms with Gasteiger partial charge in [0.15, 0.2) is 0 Å². The molecule has 0 radical (unpaired) electrons. The van der Waals surface area contributed by atoms with E-state index in [9.17, 15) is 5.11 Å². The molecule has 0 aromatic heterocycles. The topological polar surface area (TPSA) is 29.5 Å². The van der Waals surface area contributed by atoms with Gasteiger partial charge in [0, 0.05) is 4.43 Å². The average Bonchev–Trinajstić information content (AvgIpc) is 2.16. The second kappa shape index (κ2) is 5.17. The lowest BCUT2D eigenvalue weighted by Crippen LogP contribution is -1.98. The number of aliphatic hydroxyl groups is 1. The van der Waals surface area contributed by atoms with Crippen molar-refractivity contribution in [1.82, 2.24) is 0 Å². The van der Waals surface area contributed by atoms with E-state index in [1.54, 1.807) is 7.11 Å². The summed E-state index contributed by atoms with van der Waals surface area (Å²) in [4.78, 5) is 0. The number of methoxy groups -OCH3 is 1. The van der Waals surface area contributed by atoms with E-state index >= 15 is 0 Å². The van der Waals surface area contributed by atoms with Crippen LogP contribution < -0.4 is 4.74 Å². The Labute approximate surface area is 99.6 Å². The number of hydrogen-bond donors (Lipinski definition) is 1. The lowest BCUT2D eigenvalue weighted by atomic mass is 10.1. The molecule has 1 aromatic carbocycles. The molecule has 1 N–H and O–H groups in total. The largest absolute Gasteiger partial charge is 0.496 e. The van der Waals surface area contributed by atoms with E-state index in [1.165, 1.54) is 0 Å². The number of benzene rings is 1. The molecule has 0 saturated heterocycles. The quantitative estimate of drug-likeness (QED) is 0.666. The molecule has 1 rings (SSSR count). The minimum absolute atomic E-state index is 0.400. The van der Waals surface area contributed by atoms with Crippen molar-refractivity contribution in [2.45, 2.75) is 6.10 Å². The third kappa shape index (κ3) is 2.82. The van der Waals surface area contributed by atoms with Gasteiger partial charge >= 0.3 is 0 Å². The highest BCUT2D eigenvalue weighted by Crippen LogP contribution is 2.28. The molecule has 0 aliphatic carbocycles. The summed E-state index contributed by atoms with van der Waals surface area (Å²) in [5.74, 6) is 0.782. The second-order valence-corrected chi connectivity index (χ2v) is 4.30. The van der Waals surface area contributed by atoms with Crippen molar-refractivity contribution in [3.8, 4) is 5.75 Å². The molecule has 0 saturated carbocycles. The lowest BCUT2D eigenvalue weighted by molar-refractivity contribution is 0.207. The minimum Gasteiger partial charge on any atom is -0.496 e. The minimum atomic E-state index is -0.400. The molecule has 4 heteroatoms. The summed E-state index contributed by atoms with van der Waals surface area (Å²) >= 11 is 5.52. The van der Waals surface area contributed by atoms with Crippen LogP contribution in [-0.2, 0) is 0 Å². The van der Waals surface area contributed by atoms with Crippen LogP contribution in [0, 0.1) is 0 Å². The zero-order valence-electron chi connectivity index (χ0n) is 7.13. The Morgan fingerprint density at radius 1 is 1.62 bits per heavy atom. The molecule has 0 heterocycles. The number of alkyl halides is 1. The Morgan fingerprint density at radius 3 is 2.77 bits per heavy atom. The van der Waals surface area contributed by atoms with Crippen LogP contribution in [0.25, 0.3) is 0 Å². The molecule has 0 unspecified atom stereocenters. The van der Waals surface area contributed by atoms with Gasteiger partial charge in [0.25, 0.3) is 0 Å². The van der Waals surface area contributed by atoms with Crippen molar-refractivity contribution in [2.24, 2.45) is 0 Å². The van der Waals surface area contributed by atoms with Crippen molar-refractivity contribution in [3.05, 3.63) is 28.2 Å². The number of aliphatic hydroxyl groups excluding tert-OH is 1. The molecule has 13 heavy (non-hydrogen) atoms. The molecule has 0 bridgehead atoms. The average molecular weight is 357 g/mol. The fourth-order valence-electron chi connectivity index (χ4n) is 0.979. The summed E-state index contributed by atoms with van der Waals surface area (Å²) in [6.07, 6.45) is -0.400. The fourth-order valence-corrected chi connectivity index (χ4v) is 2.05. The monoisotopic (exact) mass is 356 g/mol. The van der Waals surface area contributed by atoms with Crippen LogP contribution in [0.15, 0.2) is 22.7 Å². The first-order valence-electron chi connectivity index (χ1n) is 3.76. The zero-order chi connectivity index (χ0) is 9.84. The molecule has 0 fully saturated rings. The molecule has 0 aliphatic rings. The van der Waals surface area contributed by atoms with Gasteiger partial charge in [-0.1, -0.05) is 28.7 Å². The van der Waals surface area contributed by atoms with Crippen LogP contribution >= 0.6 is 38.5 Å². The van der Waals surface area contributed by atoms with E-state index in [0.717, 1.165) is 15.8 Å². The predicted molar refractivity (Wildman–Crippen MR) is 64.5 cm³/mol. The maximum absolute atomic E-state index is 9.55. The lowest BCUT2D eigenvalue weighted by Gasteiger charge is -2.09. The summed E-state index contributed by atoms with van der Waals surface area (Å²) in [6, 6.07) is 5.59. The standard InChI is InChI=1S/C9H10BrIO2/c1-13-9-3-2-6(4-7(9)10)8(12)5-11/h2-4,8,12H,5H2,1H3/t8-/m0/s1. The van der Waals surface area contributed by atoms with Crippen molar-refractivity contribution in [2.75, 3.05) is 11.5 Å². The Morgan fingerprint density at radius 2 is 2.31 bits per heavy atom. The Bertz CT molecular complexity index is 291. The molecular formula is C9H10BrIO2. The Balaban J connectivity index is 2.95. The van der Waals surface area contributed by atoms with Gasteiger partial charge in [-0.15, -0.1) is 0 Å². The second-order valence-electron chi connectivity index (χ2n) is 2.56. The summed E-state index contributed by atoms with van der Waals surface area (Å²) in [6.45, 7) is 0. The van der Waals surface area contributed by atoms with Crippen molar-refractivity contribution in [1.29, 1.82) is 0 Å². The molecule has 0 amide bonds. The van der Waals surface area contributed by atoms with Gasteiger partial charge in [0.05, 0.1) is 17.7 Å². The van der Waals surface area contributed by atoms with Crippen LogP contribution in [0.2, 0.25) is 0 Å². The molecule has 1 atom stereocenters. The van der Waals surface area contributed by atoms with Gasteiger partial charge in [-0.25, -0.2) is 0 Å². The van der Waals surface area contributed by atoms with Crippen molar-refractivity contribution < 1.29 is 9.84 Å². The number of hydrogen-bond acceptors (Lipinski definition) is 2. The van der Waals surface area contributed by atoms with E-state index in [4.69, 9.17) is 4.74 Å². The van der Waals surface area contributed by atoms with Crippen LogP contribution in [-0.4, -0.2) is 16.6 Å². The van der Waals surface area contributed by atoms with Gasteiger partial charge in [0.1, 0.15) is 5.75 Å². The molecule has 72 valence electrons. The summed E-state index contributed by atoms with van der Waals surface area (Å²) in [7, 11) is 1.62. The predicted octanol–water partition coefficient (Wildman–Crippen LogP) is 2.93. The highest BCUT2D eigenvalue weighted by Gasteiger charge is 2.07. The highest BCUT2D eigenvalue weighted by atomic mass is 127. The molecule has 0 aliphatic heterocycles. The molecule has 1 aromatic rings. The first-order valence-corrected chi connectivity index (χ1v) is 6.08. The van der Waals surface area contributed by atoms with Gasteiger partial charge in [0.2, 0.25) is 0 Å². The third-order valence-electron chi connectivity index (χ3n) is 1.71. The van der Waals surface area contributed by atoms with Crippen molar-refractivity contribution in [3.63, 3.8) is 0 Å². The van der Waals surface area contributed by atoms with Crippen LogP contribution in [0.1, 0.15) is 11.7 Å². The van der Waals surface area contributed by atoms with Crippen LogP contribution in [0.5, 0.6) is 5.75 Å². The van der Waals surface area contributed by atoms with E-state index in [0.29, 0.717) is 4.43 Å². The van der Waals surface area contributed by atoms with Crippen molar-refractivity contribution >= 4 is 38.5 Å². The van der Waals surface area contributed by atoms with E-state index in [2.05, 4.69) is 38.5 Å². The third-order valence-corrected chi connectivity index (χ3v) is 3.16. The molecule has 2 nitrogen and oxygen atoms in total. The smallest absolute Gasteiger partial charge is 0.133 e. The number of rotatable bonds is 3. The highest BCUT2D eigenvalue weighted by molar-refractivity contribution is 14.1. The fraction of sp³-hybridized carbons (Fsp3) is 0.333. The zero-order valence-corrected chi connectivity index (χ0v) is 10.9. The number of halogens is 2. The van der Waals surface area contributed by atoms with Gasteiger partial charge in [-0.3, -0.25) is 0 Å². The Hall–Kier alpha value is 0.190. The van der Waals surface area contributed by atoms with E-state index in [1.807, 2.05) is 18.2 Å². The van der Waals surface area contributed by atoms with E-state index in [-0.39, 0.29) is 0 Å². The number of ether oxygens (including phenoxy) is 1. The molecular weight excluding hydrogens is 347 g/mol. The SMILES string of the molecule is COc1ccc([C@@H](O)CI)cc1Br. The first kappa shape index (κ1) is 11.3.